The standard InChI is InChI=1S/C26H26N2O4S/c1-14-23-24(15-5-8-18(33-4)9-6-15)25-19(27-26(23)32-28-14)11-17(12-20(25)29)16-7-10-21(30-2)22(13-16)31-3/h5-10,13,17,24,27H,11-12H2,1-4H3/t17-,24-/m0/s1. The van der Waals surface area contributed by atoms with Crippen LogP contribution in [-0.2, 0) is 4.79 Å². The van der Waals surface area contributed by atoms with Gasteiger partial charge in [-0.15, -0.1) is 11.8 Å². The van der Waals surface area contributed by atoms with Crippen molar-refractivity contribution in [3.63, 3.8) is 0 Å². The number of methoxy groups -OCH3 is 2. The van der Waals surface area contributed by atoms with Crippen molar-refractivity contribution >= 4 is 23.4 Å². The van der Waals surface area contributed by atoms with E-state index in [9.17, 15) is 4.79 Å². The van der Waals surface area contributed by atoms with E-state index in [0.29, 0.717) is 30.2 Å². The SMILES string of the molecule is COc1ccc([C@@H]2CC(=O)C3=C(C2)Nc2onc(C)c2[C@@H]3c2ccc(SC)cc2)cc1OC. The predicted octanol–water partition coefficient (Wildman–Crippen LogP) is 5.68. The van der Waals surface area contributed by atoms with Gasteiger partial charge in [-0.3, -0.25) is 4.79 Å². The number of ether oxygens (including phenoxy) is 2. The van der Waals surface area contributed by atoms with Gasteiger partial charge in [-0.2, -0.15) is 0 Å². The summed E-state index contributed by atoms with van der Waals surface area (Å²) in [6.07, 6.45) is 3.20. The highest BCUT2D eigenvalue weighted by molar-refractivity contribution is 7.98. The molecule has 2 aromatic carbocycles. The smallest absolute Gasteiger partial charge is 0.233 e. The van der Waals surface area contributed by atoms with E-state index in [1.54, 1.807) is 26.0 Å². The van der Waals surface area contributed by atoms with Crippen molar-refractivity contribution in [2.45, 2.75) is 36.5 Å². The molecule has 33 heavy (non-hydrogen) atoms. The first-order valence-electron chi connectivity index (χ1n) is 10.9. The van der Waals surface area contributed by atoms with Gasteiger partial charge < -0.3 is 19.3 Å². The van der Waals surface area contributed by atoms with E-state index in [-0.39, 0.29) is 17.6 Å². The molecule has 0 bridgehead atoms. The number of fused-ring (bicyclic) bond motifs is 1. The maximum atomic E-state index is 13.6. The lowest BCUT2D eigenvalue weighted by molar-refractivity contribution is -0.116. The fraction of sp³-hybridized carbons (Fsp3) is 0.308. The number of hydrogen-bond acceptors (Lipinski definition) is 7. The van der Waals surface area contributed by atoms with Gasteiger partial charge in [0.2, 0.25) is 5.88 Å². The molecule has 0 amide bonds. The Hall–Kier alpha value is -3.19. The molecule has 1 aliphatic carbocycles. The number of nitrogens with one attached hydrogen (secondary N) is 1. The van der Waals surface area contributed by atoms with Gasteiger partial charge in [-0.1, -0.05) is 23.4 Å². The number of benzene rings is 2. The predicted molar refractivity (Wildman–Crippen MR) is 128 cm³/mol. The van der Waals surface area contributed by atoms with Gasteiger partial charge in [0.25, 0.3) is 0 Å². The zero-order chi connectivity index (χ0) is 23.1. The van der Waals surface area contributed by atoms with E-state index in [0.717, 1.165) is 33.7 Å². The summed E-state index contributed by atoms with van der Waals surface area (Å²) < 4.78 is 16.5. The molecule has 1 N–H and O–H groups in total. The molecule has 0 radical (unpaired) electrons. The van der Waals surface area contributed by atoms with E-state index >= 15 is 0 Å². The highest BCUT2D eigenvalue weighted by Crippen LogP contribution is 2.49. The summed E-state index contributed by atoms with van der Waals surface area (Å²) in [5.41, 5.74) is 5.61. The number of aryl methyl sites for hydroxylation is 1. The van der Waals surface area contributed by atoms with Crippen molar-refractivity contribution in [1.82, 2.24) is 5.16 Å². The molecule has 1 aliphatic heterocycles. The Morgan fingerprint density at radius 3 is 2.45 bits per heavy atom. The first-order chi connectivity index (χ1) is 16.0. The average molecular weight is 463 g/mol. The highest BCUT2D eigenvalue weighted by Gasteiger charge is 2.41. The fourth-order valence-corrected chi connectivity index (χ4v) is 5.35. The van der Waals surface area contributed by atoms with Crippen LogP contribution < -0.4 is 14.8 Å². The first kappa shape index (κ1) is 21.6. The third-order valence-electron chi connectivity index (χ3n) is 6.59. The molecule has 5 rings (SSSR count). The molecule has 3 aromatic rings. The molecule has 0 saturated heterocycles. The van der Waals surface area contributed by atoms with E-state index in [2.05, 4.69) is 41.0 Å². The Bertz CT molecular complexity index is 1250. The van der Waals surface area contributed by atoms with Gasteiger partial charge in [-0.25, -0.2) is 0 Å². The zero-order valence-electron chi connectivity index (χ0n) is 19.1. The fourth-order valence-electron chi connectivity index (χ4n) is 4.94. The monoisotopic (exact) mass is 462 g/mol. The van der Waals surface area contributed by atoms with E-state index in [4.69, 9.17) is 14.0 Å². The lowest BCUT2D eigenvalue weighted by atomic mass is 9.72. The quantitative estimate of drug-likeness (QED) is 0.489. The van der Waals surface area contributed by atoms with Crippen LogP contribution in [0.2, 0.25) is 0 Å². The second kappa shape index (κ2) is 8.63. The van der Waals surface area contributed by atoms with Crippen molar-refractivity contribution in [3.05, 3.63) is 76.1 Å². The molecule has 1 aromatic heterocycles. The Labute approximate surface area is 197 Å². The minimum Gasteiger partial charge on any atom is -0.493 e. The summed E-state index contributed by atoms with van der Waals surface area (Å²) in [6, 6.07) is 14.3. The van der Waals surface area contributed by atoms with Crippen LogP contribution in [0.4, 0.5) is 5.88 Å². The summed E-state index contributed by atoms with van der Waals surface area (Å²) in [4.78, 5) is 14.8. The van der Waals surface area contributed by atoms with E-state index in [1.165, 1.54) is 4.90 Å². The number of Topliss-reactive ketones (excluding diaryl/α,β-unsaturated/α-hetero) is 1. The zero-order valence-corrected chi connectivity index (χ0v) is 19.9. The molecule has 0 spiro atoms. The number of thioether (sulfide) groups is 1. The molecular weight excluding hydrogens is 436 g/mol. The Morgan fingerprint density at radius 2 is 1.76 bits per heavy atom. The lowest BCUT2D eigenvalue weighted by Gasteiger charge is -2.34. The van der Waals surface area contributed by atoms with Crippen LogP contribution in [0.5, 0.6) is 11.5 Å². The second-order valence-corrected chi connectivity index (χ2v) is 9.26. The van der Waals surface area contributed by atoms with Crippen molar-refractivity contribution in [2.75, 3.05) is 25.8 Å². The molecule has 170 valence electrons. The summed E-state index contributed by atoms with van der Waals surface area (Å²) in [7, 11) is 3.24. The molecule has 0 unspecified atom stereocenters. The number of carbonyl (C=O) groups excluding carboxylic acids is 1. The van der Waals surface area contributed by atoms with Crippen LogP contribution in [-0.4, -0.2) is 31.4 Å². The molecule has 0 saturated carbocycles. The van der Waals surface area contributed by atoms with E-state index < -0.39 is 0 Å². The van der Waals surface area contributed by atoms with Crippen LogP contribution >= 0.6 is 11.8 Å². The van der Waals surface area contributed by atoms with Gasteiger partial charge in [0.1, 0.15) is 0 Å². The minimum absolute atomic E-state index is 0.0358. The van der Waals surface area contributed by atoms with Gasteiger partial charge in [-0.05, 0) is 60.9 Å². The molecule has 7 heteroatoms. The van der Waals surface area contributed by atoms with Crippen LogP contribution in [0, 0.1) is 6.92 Å². The van der Waals surface area contributed by atoms with Crippen LogP contribution in [0.3, 0.4) is 0 Å². The largest absolute Gasteiger partial charge is 0.493 e. The molecule has 6 nitrogen and oxygen atoms in total. The van der Waals surface area contributed by atoms with Crippen LogP contribution in [0.1, 0.15) is 47.1 Å². The maximum absolute atomic E-state index is 13.6. The van der Waals surface area contributed by atoms with Gasteiger partial charge >= 0.3 is 0 Å². The molecular formula is C26H26N2O4S. The third kappa shape index (κ3) is 3.70. The summed E-state index contributed by atoms with van der Waals surface area (Å²) in [6.45, 7) is 1.93. The van der Waals surface area contributed by atoms with Gasteiger partial charge in [0, 0.05) is 28.5 Å². The maximum Gasteiger partial charge on any atom is 0.233 e. The lowest BCUT2D eigenvalue weighted by Crippen LogP contribution is -2.29. The number of aromatic nitrogens is 1. The first-order valence-corrected chi connectivity index (χ1v) is 12.1. The number of nitrogens with zero attached hydrogens (tertiary/aromatic N) is 1. The number of hydrogen-bond donors (Lipinski definition) is 1. The normalized spacial score (nSPS) is 19.6. The van der Waals surface area contributed by atoms with Crippen molar-refractivity contribution in [3.8, 4) is 11.5 Å². The van der Waals surface area contributed by atoms with Crippen LogP contribution in [0.15, 0.2) is 63.2 Å². The van der Waals surface area contributed by atoms with Crippen LogP contribution in [0.25, 0.3) is 0 Å². The van der Waals surface area contributed by atoms with Crippen molar-refractivity contribution in [2.24, 2.45) is 0 Å². The van der Waals surface area contributed by atoms with Crippen molar-refractivity contribution in [1.29, 1.82) is 0 Å². The average Bonchev–Trinajstić information content (AvgIpc) is 3.22. The molecule has 0 fully saturated rings. The highest BCUT2D eigenvalue weighted by atomic mass is 32.2. The number of anilines is 1. The summed E-state index contributed by atoms with van der Waals surface area (Å²) in [5, 5.41) is 7.59. The second-order valence-electron chi connectivity index (χ2n) is 8.38. The van der Waals surface area contributed by atoms with E-state index in [1.807, 2.05) is 25.1 Å². The number of allylic oxidation sites excluding steroid dienone is 2. The van der Waals surface area contributed by atoms with Gasteiger partial charge in [0.15, 0.2) is 17.3 Å². The number of rotatable bonds is 5. The van der Waals surface area contributed by atoms with Gasteiger partial charge in [0.05, 0.1) is 25.5 Å². The number of carbonyl (C=O) groups is 1. The Kier molecular flexibility index (Phi) is 5.66. The Morgan fingerprint density at radius 1 is 1.03 bits per heavy atom. The Balaban J connectivity index is 1.56. The minimum atomic E-state index is -0.183. The number of ketones is 1. The third-order valence-corrected chi connectivity index (χ3v) is 7.33. The topological polar surface area (TPSA) is 73.6 Å². The summed E-state index contributed by atoms with van der Waals surface area (Å²) >= 11 is 1.70. The molecule has 2 atom stereocenters. The summed E-state index contributed by atoms with van der Waals surface area (Å²) in [5.74, 6) is 1.97. The molecule has 2 aliphatic rings. The van der Waals surface area contributed by atoms with Crippen molar-refractivity contribution < 1.29 is 18.8 Å². The molecule has 2 heterocycles.